The third kappa shape index (κ3) is 13.9. The summed E-state index contributed by atoms with van der Waals surface area (Å²) in [4.78, 5) is 9.82. The summed E-state index contributed by atoms with van der Waals surface area (Å²) >= 11 is 0. The van der Waals surface area contributed by atoms with E-state index >= 15 is 0 Å². The Morgan fingerprint density at radius 2 is 0.861 bits per heavy atom. The first-order valence-corrected chi connectivity index (χ1v) is 14.5. The molecule has 2 fully saturated rings. The van der Waals surface area contributed by atoms with E-state index in [0.29, 0.717) is 0 Å². The topological polar surface area (TPSA) is 91.6 Å². The summed E-state index contributed by atoms with van der Waals surface area (Å²) in [5.41, 5.74) is 2.67. The molecule has 1 aromatic rings. The molecule has 0 aromatic carbocycles. The Morgan fingerprint density at radius 1 is 0.472 bits per heavy atom. The molecule has 9 heteroatoms. The zero-order chi connectivity index (χ0) is 24.9. The fraction of sp³-hybridized carbons (Fsp3) is 0.815. The largest absolute Gasteiger partial charge is 0.315 e. The van der Waals surface area contributed by atoms with Crippen molar-refractivity contribution in [2.75, 3.05) is 105 Å². The Morgan fingerprint density at radius 3 is 1.31 bits per heavy atom. The third-order valence-electron chi connectivity index (χ3n) is 6.90. The molecule has 9 nitrogen and oxygen atoms in total. The number of hydrogen-bond donors (Lipinski definition) is 6. The van der Waals surface area contributed by atoms with Gasteiger partial charge in [0, 0.05) is 77.8 Å². The first-order valence-electron chi connectivity index (χ1n) is 14.5. The van der Waals surface area contributed by atoms with Gasteiger partial charge in [0.2, 0.25) is 0 Å². The van der Waals surface area contributed by atoms with Crippen molar-refractivity contribution in [3.63, 3.8) is 0 Å². The number of hydrogen-bond acceptors (Lipinski definition) is 9. The van der Waals surface area contributed by atoms with Gasteiger partial charge in [-0.1, -0.05) is 6.07 Å². The maximum atomic E-state index is 4.64. The second-order valence-electron chi connectivity index (χ2n) is 10.2. The Bertz CT molecular complexity index is 581. The molecule has 0 atom stereocenters. The lowest BCUT2D eigenvalue weighted by atomic mass is 10.1. The molecule has 0 spiro atoms. The van der Waals surface area contributed by atoms with Crippen LogP contribution in [0.1, 0.15) is 36.8 Å². The van der Waals surface area contributed by atoms with Crippen LogP contribution in [0, 0.1) is 0 Å². The predicted molar refractivity (Wildman–Crippen MR) is 150 cm³/mol. The van der Waals surface area contributed by atoms with Crippen molar-refractivity contribution in [3.05, 3.63) is 29.6 Å². The van der Waals surface area contributed by atoms with Crippen molar-refractivity contribution in [3.8, 4) is 0 Å². The number of nitrogens with one attached hydrogen (secondary N) is 6. The van der Waals surface area contributed by atoms with Gasteiger partial charge < -0.3 is 31.9 Å². The maximum Gasteiger partial charge on any atom is 0.0313 e. The second kappa shape index (κ2) is 19.9. The SMILES string of the molecule is c1ncc(CN2CCCNCCNCCCNCC2)cc1CN1CCCNCCNCCCNCC1. The minimum Gasteiger partial charge on any atom is -0.315 e. The van der Waals surface area contributed by atoms with E-state index in [2.05, 4.69) is 65.1 Å². The van der Waals surface area contributed by atoms with Gasteiger partial charge in [0.1, 0.15) is 0 Å². The van der Waals surface area contributed by atoms with Crippen molar-refractivity contribution in [2.45, 2.75) is 38.8 Å². The standard InChI is InChI=1S/C27H53N9/c1-5-28-11-13-30-9-3-17-35(19-15-32-7-1)24-26-21-27(23-34-22-26)25-36-18-4-10-31-14-12-29-6-2-8-33-16-20-36/h21-23,28-33H,1-20,24-25H2. The highest BCUT2D eigenvalue weighted by molar-refractivity contribution is 5.18. The molecule has 206 valence electrons. The van der Waals surface area contributed by atoms with Crippen LogP contribution in [0.2, 0.25) is 0 Å². The van der Waals surface area contributed by atoms with Crippen molar-refractivity contribution in [2.24, 2.45) is 0 Å². The first kappa shape index (κ1) is 29.4. The number of rotatable bonds is 4. The van der Waals surface area contributed by atoms with Gasteiger partial charge in [0.25, 0.3) is 0 Å². The molecule has 0 unspecified atom stereocenters. The summed E-state index contributed by atoms with van der Waals surface area (Å²) < 4.78 is 0. The van der Waals surface area contributed by atoms with Crippen molar-refractivity contribution < 1.29 is 0 Å². The zero-order valence-electron chi connectivity index (χ0n) is 22.6. The van der Waals surface area contributed by atoms with Gasteiger partial charge in [0.05, 0.1) is 0 Å². The van der Waals surface area contributed by atoms with Gasteiger partial charge in [-0.2, -0.15) is 0 Å². The van der Waals surface area contributed by atoms with Gasteiger partial charge in [-0.15, -0.1) is 0 Å². The summed E-state index contributed by atoms with van der Waals surface area (Å²) in [6.07, 6.45) is 8.86. The molecule has 0 radical (unpaired) electrons. The normalized spacial score (nSPS) is 22.9. The molecule has 2 saturated heterocycles. The molecule has 0 aliphatic carbocycles. The Labute approximate surface area is 219 Å². The second-order valence-corrected chi connectivity index (χ2v) is 10.2. The summed E-state index contributed by atoms with van der Waals surface area (Å²) in [6.45, 7) is 19.2. The van der Waals surface area contributed by atoms with E-state index in [4.69, 9.17) is 0 Å². The Balaban J connectivity index is 1.50. The van der Waals surface area contributed by atoms with Crippen LogP contribution in [0.15, 0.2) is 18.5 Å². The van der Waals surface area contributed by atoms with E-state index in [1.54, 1.807) is 0 Å². The van der Waals surface area contributed by atoms with Crippen LogP contribution in [0.25, 0.3) is 0 Å². The van der Waals surface area contributed by atoms with Gasteiger partial charge in [-0.3, -0.25) is 14.8 Å². The van der Waals surface area contributed by atoms with Crippen LogP contribution in [-0.2, 0) is 13.1 Å². The van der Waals surface area contributed by atoms with Crippen LogP contribution in [0.3, 0.4) is 0 Å². The van der Waals surface area contributed by atoms with Gasteiger partial charge in [-0.05, 0) is 89.2 Å². The van der Waals surface area contributed by atoms with Crippen LogP contribution in [-0.4, -0.2) is 119 Å². The number of aromatic nitrogens is 1. The highest BCUT2D eigenvalue weighted by atomic mass is 15.1. The average Bonchev–Trinajstić information content (AvgIpc) is 2.88. The molecule has 36 heavy (non-hydrogen) atoms. The van der Waals surface area contributed by atoms with E-state index < -0.39 is 0 Å². The lowest BCUT2D eigenvalue weighted by molar-refractivity contribution is 0.255. The molecule has 0 bridgehead atoms. The van der Waals surface area contributed by atoms with E-state index in [-0.39, 0.29) is 0 Å². The Kier molecular flexibility index (Phi) is 16.2. The molecule has 1 aromatic heterocycles. The average molecular weight is 504 g/mol. The fourth-order valence-electron chi connectivity index (χ4n) is 4.88. The van der Waals surface area contributed by atoms with Crippen molar-refractivity contribution >= 4 is 0 Å². The fourth-order valence-corrected chi connectivity index (χ4v) is 4.88. The third-order valence-corrected chi connectivity index (χ3v) is 6.90. The van der Waals surface area contributed by atoms with Gasteiger partial charge in [-0.25, -0.2) is 0 Å². The smallest absolute Gasteiger partial charge is 0.0313 e. The first-order chi connectivity index (χ1) is 17.9. The summed E-state index contributed by atoms with van der Waals surface area (Å²) in [5.74, 6) is 0. The van der Waals surface area contributed by atoms with E-state index in [0.717, 1.165) is 118 Å². The molecular formula is C27H53N9. The molecule has 0 saturated carbocycles. The molecule has 2 aliphatic heterocycles. The predicted octanol–water partition coefficient (Wildman–Crippen LogP) is -0.189. The minimum absolute atomic E-state index is 0.976. The monoisotopic (exact) mass is 503 g/mol. The van der Waals surface area contributed by atoms with E-state index in [9.17, 15) is 0 Å². The zero-order valence-corrected chi connectivity index (χ0v) is 22.6. The van der Waals surface area contributed by atoms with Crippen LogP contribution in [0.5, 0.6) is 0 Å². The van der Waals surface area contributed by atoms with E-state index in [1.165, 1.54) is 36.8 Å². The lowest BCUT2D eigenvalue weighted by Crippen LogP contribution is -2.37. The molecule has 3 heterocycles. The molecule has 2 aliphatic rings. The van der Waals surface area contributed by atoms with Crippen molar-refractivity contribution in [1.82, 2.24) is 46.7 Å². The number of pyridine rings is 1. The van der Waals surface area contributed by atoms with Crippen LogP contribution < -0.4 is 31.9 Å². The highest BCUT2D eigenvalue weighted by Gasteiger charge is 2.10. The summed E-state index contributed by atoms with van der Waals surface area (Å²) in [6, 6.07) is 2.39. The quantitative estimate of drug-likeness (QED) is 0.335. The highest BCUT2D eigenvalue weighted by Crippen LogP contribution is 2.10. The van der Waals surface area contributed by atoms with Crippen LogP contribution >= 0.6 is 0 Å². The van der Waals surface area contributed by atoms with Crippen molar-refractivity contribution in [1.29, 1.82) is 0 Å². The van der Waals surface area contributed by atoms with Gasteiger partial charge >= 0.3 is 0 Å². The number of nitrogens with zero attached hydrogens (tertiary/aromatic N) is 3. The maximum absolute atomic E-state index is 4.64. The lowest BCUT2D eigenvalue weighted by Gasteiger charge is -2.25. The Hall–Kier alpha value is -1.17. The molecule has 6 N–H and O–H groups in total. The summed E-state index contributed by atoms with van der Waals surface area (Å²) in [5, 5.41) is 21.4. The van der Waals surface area contributed by atoms with Crippen LogP contribution in [0.4, 0.5) is 0 Å². The molecule has 3 rings (SSSR count). The molecular weight excluding hydrogens is 450 g/mol. The minimum atomic E-state index is 0.976. The molecule has 0 amide bonds. The van der Waals surface area contributed by atoms with E-state index in [1.807, 2.05) is 0 Å². The van der Waals surface area contributed by atoms with Gasteiger partial charge in [0.15, 0.2) is 0 Å². The summed E-state index contributed by atoms with van der Waals surface area (Å²) in [7, 11) is 0.